The van der Waals surface area contributed by atoms with Gasteiger partial charge in [0.1, 0.15) is 11.3 Å². The third-order valence-corrected chi connectivity index (χ3v) is 3.23. The number of carbonyl (C=O) groups is 1. The molecule has 0 amide bonds. The van der Waals surface area contributed by atoms with Crippen molar-refractivity contribution in [2.24, 2.45) is 0 Å². The van der Waals surface area contributed by atoms with Crippen LogP contribution in [-0.4, -0.2) is 16.2 Å². The molecule has 0 spiro atoms. The van der Waals surface area contributed by atoms with Crippen LogP contribution in [0.4, 0.5) is 0 Å². The van der Waals surface area contributed by atoms with Gasteiger partial charge in [0, 0.05) is 5.39 Å². The van der Waals surface area contributed by atoms with Gasteiger partial charge in [-0.2, -0.15) is 0 Å². The van der Waals surface area contributed by atoms with E-state index in [0.717, 1.165) is 22.1 Å². The summed E-state index contributed by atoms with van der Waals surface area (Å²) in [5, 5.41) is 20.5. The van der Waals surface area contributed by atoms with Crippen molar-refractivity contribution in [3.8, 4) is 5.75 Å². The Morgan fingerprint density at radius 1 is 1.12 bits per heavy atom. The molecule has 0 heterocycles. The van der Waals surface area contributed by atoms with E-state index in [0.29, 0.717) is 5.39 Å². The molecule has 3 nitrogen and oxygen atoms in total. The van der Waals surface area contributed by atoms with Gasteiger partial charge in [0.25, 0.3) is 0 Å². The molecule has 0 bridgehead atoms. The minimum absolute atomic E-state index is 0.0433. The molecule has 2 aromatic carbocycles. The Balaban J connectivity index is 2.98. The van der Waals surface area contributed by atoms with E-state index in [2.05, 4.69) is 0 Å². The van der Waals surface area contributed by atoms with Gasteiger partial charge in [-0.15, -0.1) is 0 Å². The fraction of sp³-hybridized carbons (Fsp3) is 0.214. The molecule has 17 heavy (non-hydrogen) atoms. The van der Waals surface area contributed by atoms with Crippen LogP contribution in [0.5, 0.6) is 5.75 Å². The summed E-state index contributed by atoms with van der Waals surface area (Å²) < 4.78 is 0. The van der Waals surface area contributed by atoms with E-state index < -0.39 is 5.97 Å². The highest BCUT2D eigenvalue weighted by Gasteiger charge is 2.16. The number of aromatic carboxylic acids is 1. The lowest BCUT2D eigenvalue weighted by Crippen LogP contribution is -1.99. The Bertz CT molecular complexity index is 627. The summed E-state index contributed by atoms with van der Waals surface area (Å²) in [6, 6.07) is 5.18. The number of fused-ring (bicyclic) bond motifs is 1. The van der Waals surface area contributed by atoms with Crippen LogP contribution < -0.4 is 0 Å². The Hall–Kier alpha value is -2.03. The second-order valence-electron chi connectivity index (χ2n) is 4.32. The molecule has 0 aliphatic heterocycles. The van der Waals surface area contributed by atoms with E-state index in [1.165, 1.54) is 6.07 Å². The summed E-state index contributed by atoms with van der Waals surface area (Å²) in [5.41, 5.74) is 3.03. The van der Waals surface area contributed by atoms with Gasteiger partial charge in [-0.25, -0.2) is 4.79 Å². The summed E-state index contributed by atoms with van der Waals surface area (Å²) in [4.78, 5) is 11.0. The molecule has 0 radical (unpaired) electrons. The highest BCUT2D eigenvalue weighted by Crippen LogP contribution is 2.34. The summed E-state index contributed by atoms with van der Waals surface area (Å²) in [5.74, 6) is -1.26. The van der Waals surface area contributed by atoms with Gasteiger partial charge in [-0.3, -0.25) is 0 Å². The SMILES string of the molecule is Cc1ccc2c(O)c(C(=O)O)cc(C)c2c1C. The fourth-order valence-corrected chi connectivity index (χ4v) is 2.19. The Kier molecular flexibility index (Phi) is 2.54. The number of hydrogen-bond donors (Lipinski definition) is 2. The van der Waals surface area contributed by atoms with E-state index in [4.69, 9.17) is 5.11 Å². The topological polar surface area (TPSA) is 57.5 Å². The minimum atomic E-state index is -1.11. The molecule has 0 unspecified atom stereocenters. The summed E-state index contributed by atoms with van der Waals surface area (Å²) in [7, 11) is 0. The molecule has 0 aromatic heterocycles. The summed E-state index contributed by atoms with van der Waals surface area (Å²) in [6.45, 7) is 5.83. The largest absolute Gasteiger partial charge is 0.506 e. The van der Waals surface area contributed by atoms with Crippen LogP contribution >= 0.6 is 0 Å². The van der Waals surface area contributed by atoms with Crippen molar-refractivity contribution in [2.45, 2.75) is 20.8 Å². The molecular formula is C14H14O3. The van der Waals surface area contributed by atoms with Crippen LogP contribution in [-0.2, 0) is 0 Å². The minimum Gasteiger partial charge on any atom is -0.506 e. The first-order valence-electron chi connectivity index (χ1n) is 5.39. The monoisotopic (exact) mass is 230 g/mol. The lowest BCUT2D eigenvalue weighted by Gasteiger charge is -2.12. The molecule has 0 atom stereocenters. The molecule has 2 aromatic rings. The average Bonchev–Trinajstić information content (AvgIpc) is 2.26. The van der Waals surface area contributed by atoms with Crippen molar-refractivity contribution in [3.63, 3.8) is 0 Å². The highest BCUT2D eigenvalue weighted by atomic mass is 16.4. The zero-order valence-corrected chi connectivity index (χ0v) is 10.0. The van der Waals surface area contributed by atoms with Gasteiger partial charge in [-0.05, 0) is 48.9 Å². The Morgan fingerprint density at radius 3 is 2.35 bits per heavy atom. The highest BCUT2D eigenvalue weighted by molar-refractivity contribution is 6.03. The number of hydrogen-bond acceptors (Lipinski definition) is 2. The van der Waals surface area contributed by atoms with Crippen molar-refractivity contribution in [1.29, 1.82) is 0 Å². The zero-order valence-electron chi connectivity index (χ0n) is 10.0. The Morgan fingerprint density at radius 2 is 1.76 bits per heavy atom. The third kappa shape index (κ3) is 1.64. The van der Waals surface area contributed by atoms with Crippen LogP contribution in [0.1, 0.15) is 27.0 Å². The standard InChI is InChI=1S/C14H14O3/c1-7-4-5-10-12(9(7)3)8(2)6-11(13(10)15)14(16)17/h4-6,15H,1-3H3,(H,16,17). The number of benzene rings is 2. The first-order chi connectivity index (χ1) is 7.93. The second kappa shape index (κ2) is 3.77. The summed E-state index contributed by atoms with van der Waals surface area (Å²) in [6.07, 6.45) is 0. The van der Waals surface area contributed by atoms with Crippen molar-refractivity contribution in [2.75, 3.05) is 0 Å². The number of carboxylic acids is 1. The smallest absolute Gasteiger partial charge is 0.339 e. The van der Waals surface area contributed by atoms with Crippen LogP contribution in [0.25, 0.3) is 10.8 Å². The van der Waals surface area contributed by atoms with Crippen LogP contribution in [0.3, 0.4) is 0 Å². The van der Waals surface area contributed by atoms with E-state index >= 15 is 0 Å². The summed E-state index contributed by atoms with van der Waals surface area (Å²) >= 11 is 0. The number of aryl methyl sites for hydroxylation is 3. The van der Waals surface area contributed by atoms with Gasteiger partial charge in [-0.1, -0.05) is 12.1 Å². The van der Waals surface area contributed by atoms with Gasteiger partial charge >= 0.3 is 5.97 Å². The quantitative estimate of drug-likeness (QED) is 0.791. The molecule has 88 valence electrons. The Labute approximate surface area is 99.3 Å². The predicted molar refractivity (Wildman–Crippen MR) is 66.8 cm³/mol. The van der Waals surface area contributed by atoms with Crippen LogP contribution in [0.15, 0.2) is 18.2 Å². The second-order valence-corrected chi connectivity index (χ2v) is 4.32. The van der Waals surface area contributed by atoms with Gasteiger partial charge < -0.3 is 10.2 Å². The molecule has 0 saturated carbocycles. The van der Waals surface area contributed by atoms with Crippen molar-refractivity contribution < 1.29 is 15.0 Å². The maximum atomic E-state index is 11.0. The number of phenols is 1. The number of rotatable bonds is 1. The van der Waals surface area contributed by atoms with E-state index in [-0.39, 0.29) is 11.3 Å². The molecule has 3 heteroatoms. The molecular weight excluding hydrogens is 216 g/mol. The van der Waals surface area contributed by atoms with E-state index in [1.807, 2.05) is 26.8 Å². The first-order valence-corrected chi connectivity index (χ1v) is 5.39. The molecule has 0 saturated heterocycles. The van der Waals surface area contributed by atoms with Gasteiger partial charge in [0.2, 0.25) is 0 Å². The molecule has 2 N–H and O–H groups in total. The lowest BCUT2D eigenvalue weighted by molar-refractivity contribution is 0.0694. The molecule has 0 fully saturated rings. The number of carboxylic acid groups (broad SMARTS) is 1. The average molecular weight is 230 g/mol. The molecule has 0 aliphatic rings. The van der Waals surface area contributed by atoms with Gasteiger partial charge in [0.15, 0.2) is 0 Å². The van der Waals surface area contributed by atoms with Crippen LogP contribution in [0.2, 0.25) is 0 Å². The van der Waals surface area contributed by atoms with E-state index in [1.54, 1.807) is 6.07 Å². The van der Waals surface area contributed by atoms with Crippen molar-refractivity contribution >= 4 is 16.7 Å². The molecule has 2 rings (SSSR count). The maximum Gasteiger partial charge on any atom is 0.339 e. The fourth-order valence-electron chi connectivity index (χ4n) is 2.19. The predicted octanol–water partition coefficient (Wildman–Crippen LogP) is 3.17. The zero-order chi connectivity index (χ0) is 12.7. The van der Waals surface area contributed by atoms with Crippen molar-refractivity contribution in [1.82, 2.24) is 0 Å². The lowest BCUT2D eigenvalue weighted by atomic mass is 9.94. The van der Waals surface area contributed by atoms with Crippen LogP contribution in [0, 0.1) is 20.8 Å². The van der Waals surface area contributed by atoms with Gasteiger partial charge in [0.05, 0.1) is 0 Å². The normalized spacial score (nSPS) is 10.8. The van der Waals surface area contributed by atoms with E-state index in [9.17, 15) is 9.90 Å². The van der Waals surface area contributed by atoms with Crippen molar-refractivity contribution in [3.05, 3.63) is 40.5 Å². The first kappa shape index (κ1) is 11.5. The number of aromatic hydroxyl groups is 1. The molecule has 0 aliphatic carbocycles. The maximum absolute atomic E-state index is 11.0. The third-order valence-electron chi connectivity index (χ3n) is 3.23.